The molecule has 0 fully saturated rings. The summed E-state index contributed by atoms with van der Waals surface area (Å²) in [4.78, 5) is 11.0. The van der Waals surface area contributed by atoms with Crippen molar-refractivity contribution in [1.82, 2.24) is 5.48 Å². The summed E-state index contributed by atoms with van der Waals surface area (Å²) < 4.78 is 18.7. The van der Waals surface area contributed by atoms with Gasteiger partial charge in [-0.3, -0.25) is 10.0 Å². The van der Waals surface area contributed by atoms with Crippen LogP contribution in [0.15, 0.2) is 27.3 Å². The third-order valence-electron chi connectivity index (χ3n) is 2.17. The molecule has 84 valence electrons. The lowest BCUT2D eigenvalue weighted by atomic mass is 10.1. The number of carbonyl (C=O) groups is 1. The smallest absolute Gasteiger partial charge is 0.247 e. The average Bonchev–Trinajstić information content (AvgIpc) is 2.55. The molecule has 2 N–H and O–H groups in total. The molecule has 0 aliphatic rings. The molecule has 0 saturated carbocycles. The van der Waals surface area contributed by atoms with E-state index in [4.69, 9.17) is 9.62 Å². The number of hydrogen-bond acceptors (Lipinski definition) is 3. The molecule has 1 heterocycles. The summed E-state index contributed by atoms with van der Waals surface area (Å²) in [6.07, 6.45) is -0.0897. The van der Waals surface area contributed by atoms with Crippen LogP contribution >= 0.6 is 15.9 Å². The van der Waals surface area contributed by atoms with Crippen LogP contribution < -0.4 is 5.48 Å². The lowest BCUT2D eigenvalue weighted by Crippen LogP contribution is -2.20. The van der Waals surface area contributed by atoms with Gasteiger partial charge in [0.2, 0.25) is 5.91 Å². The van der Waals surface area contributed by atoms with Gasteiger partial charge in [0.15, 0.2) is 4.67 Å². The summed E-state index contributed by atoms with van der Waals surface area (Å²) in [5, 5.41) is 8.94. The van der Waals surface area contributed by atoms with E-state index < -0.39 is 11.7 Å². The Hall–Kier alpha value is -1.40. The number of hydrogen-bond donors (Lipinski definition) is 2. The normalized spacial score (nSPS) is 10.7. The number of carbonyl (C=O) groups excluding carboxylic acids is 1. The number of furan rings is 1. The molecule has 16 heavy (non-hydrogen) atoms. The summed E-state index contributed by atoms with van der Waals surface area (Å²) in [5.74, 6) is -1.00. The molecule has 0 atom stereocenters. The van der Waals surface area contributed by atoms with E-state index in [0.717, 1.165) is 0 Å². The Morgan fingerprint density at radius 3 is 3.00 bits per heavy atom. The van der Waals surface area contributed by atoms with Gasteiger partial charge in [0.1, 0.15) is 11.4 Å². The molecular formula is C10H7BrFNO3. The van der Waals surface area contributed by atoms with Gasteiger partial charge in [0.25, 0.3) is 0 Å². The van der Waals surface area contributed by atoms with Gasteiger partial charge in [-0.15, -0.1) is 0 Å². The van der Waals surface area contributed by atoms with Crippen molar-refractivity contribution in [1.29, 1.82) is 0 Å². The Labute approximate surface area is 98.1 Å². The molecular weight excluding hydrogens is 281 g/mol. The minimum atomic E-state index is -0.590. The van der Waals surface area contributed by atoms with Gasteiger partial charge in [0, 0.05) is 10.9 Å². The maximum Gasteiger partial charge on any atom is 0.247 e. The van der Waals surface area contributed by atoms with Crippen molar-refractivity contribution in [3.05, 3.63) is 34.2 Å². The molecule has 4 nitrogen and oxygen atoms in total. The van der Waals surface area contributed by atoms with Gasteiger partial charge >= 0.3 is 0 Å². The van der Waals surface area contributed by atoms with Crippen molar-refractivity contribution in [2.75, 3.05) is 0 Å². The van der Waals surface area contributed by atoms with E-state index >= 15 is 0 Å². The van der Waals surface area contributed by atoms with Crippen molar-refractivity contribution in [3.8, 4) is 0 Å². The summed E-state index contributed by atoms with van der Waals surface area (Å²) in [7, 11) is 0. The second-order valence-corrected chi connectivity index (χ2v) is 3.93. The molecule has 2 aromatic rings. The Morgan fingerprint density at radius 1 is 1.56 bits per heavy atom. The highest BCUT2D eigenvalue weighted by molar-refractivity contribution is 9.10. The minimum absolute atomic E-state index is 0.0897. The van der Waals surface area contributed by atoms with E-state index in [1.807, 2.05) is 0 Å². The van der Waals surface area contributed by atoms with Gasteiger partial charge in [-0.25, -0.2) is 9.87 Å². The van der Waals surface area contributed by atoms with E-state index in [1.54, 1.807) is 0 Å². The fraction of sp³-hybridized carbons (Fsp3) is 0.100. The molecule has 2 rings (SSSR count). The molecule has 0 unspecified atom stereocenters. The molecule has 1 aromatic carbocycles. The summed E-state index contributed by atoms with van der Waals surface area (Å²) in [6.45, 7) is 0. The Kier molecular flexibility index (Phi) is 2.93. The zero-order valence-corrected chi connectivity index (χ0v) is 9.54. The number of halogens is 2. The molecule has 0 spiro atoms. The van der Waals surface area contributed by atoms with Gasteiger partial charge < -0.3 is 4.42 Å². The van der Waals surface area contributed by atoms with Crippen molar-refractivity contribution in [3.63, 3.8) is 0 Å². The fourth-order valence-corrected chi connectivity index (χ4v) is 1.98. The van der Waals surface area contributed by atoms with E-state index in [1.165, 1.54) is 23.7 Å². The molecule has 0 bridgehead atoms. The highest BCUT2D eigenvalue weighted by Gasteiger charge is 2.15. The standard InChI is InChI=1S/C10H7BrFNO3/c11-10-7(4-9(14)13-15)6-3-5(12)1-2-8(6)16-10/h1-3,15H,4H2,(H,13,14). The van der Waals surface area contributed by atoms with Crippen LogP contribution in [0.4, 0.5) is 4.39 Å². The number of rotatable bonds is 2. The van der Waals surface area contributed by atoms with Crippen LogP contribution in [0.25, 0.3) is 11.0 Å². The number of fused-ring (bicyclic) bond motifs is 1. The van der Waals surface area contributed by atoms with Crippen molar-refractivity contribution in [2.24, 2.45) is 0 Å². The van der Waals surface area contributed by atoms with Crippen LogP contribution in [0.5, 0.6) is 0 Å². The SMILES string of the molecule is O=C(Cc1c(Br)oc2ccc(F)cc12)NO. The predicted octanol–water partition coefficient (Wildman–Crippen LogP) is 2.38. The molecule has 0 radical (unpaired) electrons. The van der Waals surface area contributed by atoms with E-state index in [2.05, 4.69) is 15.9 Å². The lowest BCUT2D eigenvalue weighted by Gasteiger charge is -1.97. The van der Waals surface area contributed by atoms with Crippen LogP contribution in [0.2, 0.25) is 0 Å². The number of benzene rings is 1. The van der Waals surface area contributed by atoms with Crippen LogP contribution in [0.1, 0.15) is 5.56 Å². The highest BCUT2D eigenvalue weighted by Crippen LogP contribution is 2.30. The maximum absolute atomic E-state index is 13.0. The van der Waals surface area contributed by atoms with Crippen LogP contribution in [-0.2, 0) is 11.2 Å². The number of hydroxylamine groups is 1. The predicted molar refractivity (Wildman–Crippen MR) is 57.5 cm³/mol. The zero-order chi connectivity index (χ0) is 11.7. The van der Waals surface area contributed by atoms with Gasteiger partial charge in [-0.05, 0) is 34.1 Å². The number of amides is 1. The molecule has 0 aliphatic carbocycles. The molecule has 0 aliphatic heterocycles. The van der Waals surface area contributed by atoms with Crippen LogP contribution in [0.3, 0.4) is 0 Å². The maximum atomic E-state index is 13.0. The molecule has 1 aromatic heterocycles. The first-order valence-corrected chi connectivity index (χ1v) is 5.20. The second-order valence-electron chi connectivity index (χ2n) is 3.21. The van der Waals surface area contributed by atoms with Gasteiger partial charge in [0.05, 0.1) is 6.42 Å². The average molecular weight is 288 g/mol. The number of nitrogens with one attached hydrogen (secondary N) is 1. The first-order valence-electron chi connectivity index (χ1n) is 4.41. The van der Waals surface area contributed by atoms with E-state index in [-0.39, 0.29) is 6.42 Å². The first kappa shape index (κ1) is 11.1. The van der Waals surface area contributed by atoms with Crippen molar-refractivity contribution in [2.45, 2.75) is 6.42 Å². The van der Waals surface area contributed by atoms with Crippen LogP contribution in [-0.4, -0.2) is 11.1 Å². The topological polar surface area (TPSA) is 62.5 Å². The summed E-state index contributed by atoms with van der Waals surface area (Å²) in [5.41, 5.74) is 2.50. The van der Waals surface area contributed by atoms with Gasteiger partial charge in [-0.2, -0.15) is 0 Å². The largest absolute Gasteiger partial charge is 0.449 e. The van der Waals surface area contributed by atoms with Crippen LogP contribution in [0, 0.1) is 5.82 Å². The van der Waals surface area contributed by atoms with Crippen molar-refractivity contribution >= 4 is 32.8 Å². The molecule has 0 saturated heterocycles. The van der Waals surface area contributed by atoms with E-state index in [0.29, 0.717) is 21.2 Å². The highest BCUT2D eigenvalue weighted by atomic mass is 79.9. The summed E-state index contributed by atoms with van der Waals surface area (Å²) in [6, 6.07) is 4.04. The summed E-state index contributed by atoms with van der Waals surface area (Å²) >= 11 is 3.14. The lowest BCUT2D eigenvalue weighted by molar-refractivity contribution is -0.128. The third kappa shape index (κ3) is 1.94. The monoisotopic (exact) mass is 287 g/mol. The molecule has 6 heteroatoms. The minimum Gasteiger partial charge on any atom is -0.449 e. The van der Waals surface area contributed by atoms with Crippen molar-refractivity contribution < 1.29 is 18.8 Å². The second kappa shape index (κ2) is 4.23. The Morgan fingerprint density at radius 2 is 2.31 bits per heavy atom. The first-order chi connectivity index (χ1) is 7.61. The van der Waals surface area contributed by atoms with E-state index in [9.17, 15) is 9.18 Å². The Balaban J connectivity index is 2.54. The zero-order valence-electron chi connectivity index (χ0n) is 7.96. The van der Waals surface area contributed by atoms with Gasteiger partial charge in [-0.1, -0.05) is 0 Å². The molecule has 1 amide bonds. The third-order valence-corrected chi connectivity index (χ3v) is 2.81. The quantitative estimate of drug-likeness (QED) is 0.658. The fourth-order valence-electron chi connectivity index (χ4n) is 1.46. The Bertz CT molecular complexity index is 552.